The molecular weight excluding hydrogens is 200 g/mol. The van der Waals surface area contributed by atoms with E-state index >= 15 is 0 Å². The molecule has 2 rings (SSSR count). The van der Waals surface area contributed by atoms with Gasteiger partial charge in [0.25, 0.3) is 0 Å². The minimum absolute atomic E-state index is 0.521. The normalized spacial score (nSPS) is 10.3. The second-order valence-electron chi connectivity index (χ2n) is 2.54. The van der Waals surface area contributed by atoms with Crippen LogP contribution in [0, 0.1) is 0 Å². The Morgan fingerprint density at radius 2 is 2.29 bits per heavy atom. The number of aromatic nitrogens is 3. The molecule has 2 heterocycles. The lowest BCUT2D eigenvalue weighted by molar-refractivity contribution is 0.390. The van der Waals surface area contributed by atoms with Gasteiger partial charge in [-0.3, -0.25) is 0 Å². The first-order valence-electron chi connectivity index (χ1n) is 3.94. The van der Waals surface area contributed by atoms with Crippen molar-refractivity contribution in [3.05, 3.63) is 30.5 Å². The molecule has 0 atom stereocenters. The molecule has 0 unspecified atom stereocenters. The van der Waals surface area contributed by atoms with Gasteiger partial charge < -0.3 is 10.3 Å². The van der Waals surface area contributed by atoms with Crippen LogP contribution in [0.4, 0.5) is 5.82 Å². The Bertz CT molecular complexity index is 386. The minimum Gasteiger partial charge on any atom is -0.384 e. The molecule has 2 N–H and O–H groups in total. The number of anilines is 1. The number of hydrogen-bond donors (Lipinski definition) is 1. The van der Waals surface area contributed by atoms with E-state index in [-0.39, 0.29) is 0 Å². The molecule has 0 spiro atoms. The maximum absolute atomic E-state index is 5.46. The summed E-state index contributed by atoms with van der Waals surface area (Å²) >= 11 is 1.57. The van der Waals surface area contributed by atoms with Gasteiger partial charge in [0, 0.05) is 11.1 Å². The predicted octanol–water partition coefficient (Wildman–Crippen LogP) is 1.34. The number of hydrogen-bond acceptors (Lipinski definition) is 6. The van der Waals surface area contributed by atoms with Gasteiger partial charge in [-0.25, -0.2) is 4.98 Å². The van der Waals surface area contributed by atoms with Gasteiger partial charge in [0.05, 0.1) is 5.75 Å². The fraction of sp³-hybridized carbons (Fsp3) is 0.125. The van der Waals surface area contributed by atoms with Crippen LogP contribution in [0.2, 0.25) is 0 Å². The molecule has 5 nitrogen and oxygen atoms in total. The standard InChI is InChI=1S/C8H8N4OS/c9-7-2-1-6(3-10-7)14-4-8-11-5-12-13-8/h1-3,5H,4H2,(H2,9,10). The number of nitrogen functional groups attached to an aromatic ring is 1. The van der Waals surface area contributed by atoms with Gasteiger partial charge >= 0.3 is 0 Å². The second kappa shape index (κ2) is 4.10. The van der Waals surface area contributed by atoms with Crippen LogP contribution < -0.4 is 5.73 Å². The summed E-state index contributed by atoms with van der Waals surface area (Å²) in [7, 11) is 0. The maximum atomic E-state index is 5.46. The first kappa shape index (κ1) is 9.01. The third kappa shape index (κ3) is 2.23. The topological polar surface area (TPSA) is 77.8 Å². The summed E-state index contributed by atoms with van der Waals surface area (Å²) in [6.45, 7) is 0. The quantitative estimate of drug-likeness (QED) is 0.767. The molecule has 14 heavy (non-hydrogen) atoms. The lowest BCUT2D eigenvalue weighted by Gasteiger charge is -1.97. The van der Waals surface area contributed by atoms with Crippen molar-refractivity contribution in [2.45, 2.75) is 10.6 Å². The fourth-order valence-corrected chi connectivity index (χ4v) is 1.59. The number of pyridine rings is 1. The molecule has 0 saturated carbocycles. The van der Waals surface area contributed by atoms with Crippen molar-refractivity contribution in [3.8, 4) is 0 Å². The highest BCUT2D eigenvalue weighted by molar-refractivity contribution is 7.98. The molecule has 0 fully saturated rings. The molecule has 0 radical (unpaired) electrons. The van der Waals surface area contributed by atoms with Crippen LogP contribution in [0.5, 0.6) is 0 Å². The molecule has 0 aliphatic heterocycles. The molecule has 0 aromatic carbocycles. The average Bonchev–Trinajstić information content (AvgIpc) is 2.70. The van der Waals surface area contributed by atoms with E-state index in [1.165, 1.54) is 6.33 Å². The minimum atomic E-state index is 0.521. The summed E-state index contributed by atoms with van der Waals surface area (Å²) in [4.78, 5) is 8.90. The van der Waals surface area contributed by atoms with Gasteiger partial charge in [0.1, 0.15) is 5.82 Å². The third-order valence-electron chi connectivity index (χ3n) is 1.53. The number of nitrogens with zero attached hydrogens (tertiary/aromatic N) is 3. The molecule has 0 bridgehead atoms. The zero-order valence-electron chi connectivity index (χ0n) is 7.25. The van der Waals surface area contributed by atoms with E-state index in [9.17, 15) is 0 Å². The zero-order valence-corrected chi connectivity index (χ0v) is 8.07. The fourth-order valence-electron chi connectivity index (χ4n) is 0.882. The van der Waals surface area contributed by atoms with Gasteiger partial charge in [-0.15, -0.1) is 11.8 Å². The summed E-state index contributed by atoms with van der Waals surface area (Å²) in [5, 5.41) is 3.51. The molecule has 72 valence electrons. The van der Waals surface area contributed by atoms with Crippen molar-refractivity contribution in [1.29, 1.82) is 0 Å². The van der Waals surface area contributed by atoms with E-state index in [4.69, 9.17) is 10.3 Å². The van der Waals surface area contributed by atoms with E-state index in [1.54, 1.807) is 24.0 Å². The summed E-state index contributed by atoms with van der Waals surface area (Å²) in [5.41, 5.74) is 5.46. The van der Waals surface area contributed by atoms with Gasteiger partial charge in [0.2, 0.25) is 5.89 Å². The number of thioether (sulfide) groups is 1. The highest BCUT2D eigenvalue weighted by atomic mass is 32.2. The van der Waals surface area contributed by atoms with Crippen LogP contribution in [0.1, 0.15) is 5.89 Å². The van der Waals surface area contributed by atoms with Crippen molar-refractivity contribution in [1.82, 2.24) is 15.1 Å². The molecular formula is C8H8N4OS. The van der Waals surface area contributed by atoms with Crippen molar-refractivity contribution in [2.24, 2.45) is 0 Å². The van der Waals surface area contributed by atoms with Crippen LogP contribution in [-0.2, 0) is 5.75 Å². The molecule has 2 aromatic rings. The predicted molar refractivity (Wildman–Crippen MR) is 52.5 cm³/mol. The van der Waals surface area contributed by atoms with Gasteiger partial charge in [-0.05, 0) is 12.1 Å². The third-order valence-corrected chi connectivity index (χ3v) is 2.49. The number of nitrogens with two attached hydrogens (primary N) is 1. The lowest BCUT2D eigenvalue weighted by atomic mass is 10.5. The summed E-state index contributed by atoms with van der Waals surface area (Å²) in [5.74, 6) is 1.77. The first-order valence-corrected chi connectivity index (χ1v) is 4.93. The molecule has 0 aliphatic rings. The van der Waals surface area contributed by atoms with E-state index in [0.29, 0.717) is 17.5 Å². The van der Waals surface area contributed by atoms with E-state index in [0.717, 1.165) is 4.90 Å². The van der Waals surface area contributed by atoms with Crippen LogP contribution in [-0.4, -0.2) is 15.1 Å². The van der Waals surface area contributed by atoms with E-state index in [1.807, 2.05) is 6.07 Å². The number of rotatable bonds is 3. The summed E-state index contributed by atoms with van der Waals surface area (Å²) < 4.78 is 4.85. The second-order valence-corrected chi connectivity index (χ2v) is 3.59. The van der Waals surface area contributed by atoms with Gasteiger partial charge in [0.15, 0.2) is 6.33 Å². The Labute approximate surface area is 84.7 Å². The Kier molecular flexibility index (Phi) is 2.64. The van der Waals surface area contributed by atoms with Crippen molar-refractivity contribution in [3.63, 3.8) is 0 Å². The van der Waals surface area contributed by atoms with Crippen LogP contribution in [0.15, 0.2) is 34.1 Å². The van der Waals surface area contributed by atoms with Gasteiger partial charge in [-0.2, -0.15) is 4.98 Å². The van der Waals surface area contributed by atoms with Crippen molar-refractivity contribution >= 4 is 17.6 Å². The Hall–Kier alpha value is -1.56. The largest absolute Gasteiger partial charge is 0.384 e. The summed E-state index contributed by atoms with van der Waals surface area (Å²) in [6, 6.07) is 3.67. The molecule has 6 heteroatoms. The van der Waals surface area contributed by atoms with Crippen LogP contribution >= 0.6 is 11.8 Å². The zero-order chi connectivity index (χ0) is 9.80. The molecule has 2 aromatic heterocycles. The highest BCUT2D eigenvalue weighted by Gasteiger charge is 2.00. The smallest absolute Gasteiger partial charge is 0.236 e. The first-order chi connectivity index (χ1) is 6.84. The van der Waals surface area contributed by atoms with E-state index in [2.05, 4.69) is 15.1 Å². The van der Waals surface area contributed by atoms with Crippen molar-refractivity contribution < 1.29 is 4.52 Å². The van der Waals surface area contributed by atoms with Crippen molar-refractivity contribution in [2.75, 3.05) is 5.73 Å². The van der Waals surface area contributed by atoms with E-state index < -0.39 is 0 Å². The Morgan fingerprint density at radius 3 is 2.93 bits per heavy atom. The Morgan fingerprint density at radius 1 is 1.36 bits per heavy atom. The van der Waals surface area contributed by atoms with Crippen LogP contribution in [0.25, 0.3) is 0 Å². The van der Waals surface area contributed by atoms with Crippen LogP contribution in [0.3, 0.4) is 0 Å². The summed E-state index contributed by atoms with van der Waals surface area (Å²) in [6.07, 6.45) is 3.10. The lowest BCUT2D eigenvalue weighted by Crippen LogP contribution is -1.88. The molecule has 0 amide bonds. The monoisotopic (exact) mass is 208 g/mol. The Balaban J connectivity index is 1.95. The highest BCUT2D eigenvalue weighted by Crippen LogP contribution is 2.20. The van der Waals surface area contributed by atoms with Gasteiger partial charge in [-0.1, -0.05) is 5.16 Å². The molecule has 0 aliphatic carbocycles. The average molecular weight is 208 g/mol. The SMILES string of the molecule is Nc1ccc(SCc2ncno2)cn1. The maximum Gasteiger partial charge on any atom is 0.236 e. The molecule has 0 saturated heterocycles.